The maximum Gasteiger partial charge on any atom is 0.347 e. The van der Waals surface area contributed by atoms with Gasteiger partial charge in [0.2, 0.25) is 10.0 Å². The number of sulfonamides is 1. The largest absolute Gasteiger partial charge is 0.477 e. The molecule has 0 spiro atoms. The first kappa shape index (κ1) is 14.1. The van der Waals surface area contributed by atoms with Crippen LogP contribution in [0.15, 0.2) is 16.3 Å². The molecule has 0 saturated heterocycles. The molecule has 1 rings (SSSR count). The summed E-state index contributed by atoms with van der Waals surface area (Å²) in [6, 6.07) is 1.23. The van der Waals surface area contributed by atoms with Gasteiger partial charge in [-0.3, -0.25) is 0 Å². The van der Waals surface area contributed by atoms with E-state index in [1.54, 1.807) is 6.92 Å². The van der Waals surface area contributed by atoms with E-state index in [4.69, 9.17) is 5.11 Å². The first-order chi connectivity index (χ1) is 7.88. The first-order valence-electron chi connectivity index (χ1n) is 4.87. The standard InChI is InChI=1S/C9H13NO5S2/c1-2-6(11)5-10-17(14,15)7-3-4-16-8(7)9(12)13/h3-4,6,10-11H,2,5H2,1H3,(H,12,13). The lowest BCUT2D eigenvalue weighted by atomic mass is 10.3. The minimum absolute atomic E-state index is 0.131. The van der Waals surface area contributed by atoms with Crippen molar-refractivity contribution < 1.29 is 23.4 Å². The van der Waals surface area contributed by atoms with Crippen LogP contribution in [0.25, 0.3) is 0 Å². The summed E-state index contributed by atoms with van der Waals surface area (Å²) >= 11 is 0.843. The van der Waals surface area contributed by atoms with Crippen LogP contribution >= 0.6 is 11.3 Å². The molecule has 0 fully saturated rings. The summed E-state index contributed by atoms with van der Waals surface area (Å²) in [5, 5.41) is 19.5. The van der Waals surface area contributed by atoms with Crippen molar-refractivity contribution in [2.45, 2.75) is 24.3 Å². The SMILES string of the molecule is CCC(O)CNS(=O)(=O)c1ccsc1C(=O)O. The zero-order chi connectivity index (χ0) is 13.1. The minimum atomic E-state index is -3.88. The lowest BCUT2D eigenvalue weighted by Crippen LogP contribution is -2.32. The van der Waals surface area contributed by atoms with Crippen LogP contribution in [0.4, 0.5) is 0 Å². The van der Waals surface area contributed by atoms with Crippen LogP contribution in [0, 0.1) is 0 Å². The second-order valence-corrected chi connectivity index (χ2v) is 5.98. The van der Waals surface area contributed by atoms with Gasteiger partial charge in [0.15, 0.2) is 0 Å². The molecule has 0 saturated carbocycles. The average Bonchev–Trinajstić information content (AvgIpc) is 2.75. The van der Waals surface area contributed by atoms with Crippen molar-refractivity contribution in [2.75, 3.05) is 6.54 Å². The van der Waals surface area contributed by atoms with Gasteiger partial charge in [-0.05, 0) is 17.9 Å². The Morgan fingerprint density at radius 2 is 2.24 bits per heavy atom. The predicted octanol–water partition coefficient (Wildman–Crippen LogP) is 0.496. The predicted molar refractivity (Wildman–Crippen MR) is 62.8 cm³/mol. The van der Waals surface area contributed by atoms with Gasteiger partial charge < -0.3 is 10.2 Å². The summed E-state index contributed by atoms with van der Waals surface area (Å²) < 4.78 is 25.7. The van der Waals surface area contributed by atoms with Gasteiger partial charge in [-0.2, -0.15) is 0 Å². The molecule has 0 bridgehead atoms. The number of aliphatic hydroxyl groups is 1. The zero-order valence-corrected chi connectivity index (χ0v) is 10.7. The molecular weight excluding hydrogens is 266 g/mol. The second kappa shape index (κ2) is 5.58. The number of aromatic carboxylic acids is 1. The Hall–Kier alpha value is -0.960. The molecule has 0 aromatic carbocycles. The van der Waals surface area contributed by atoms with Gasteiger partial charge in [-0.1, -0.05) is 6.92 Å². The Bertz CT molecular complexity index is 493. The van der Waals surface area contributed by atoms with E-state index in [2.05, 4.69) is 4.72 Å². The highest BCUT2D eigenvalue weighted by Crippen LogP contribution is 2.21. The van der Waals surface area contributed by atoms with E-state index in [0.717, 1.165) is 11.3 Å². The third kappa shape index (κ3) is 3.50. The van der Waals surface area contributed by atoms with E-state index >= 15 is 0 Å². The number of hydrogen-bond acceptors (Lipinski definition) is 5. The third-order valence-electron chi connectivity index (χ3n) is 2.09. The van der Waals surface area contributed by atoms with Crippen LogP contribution in [-0.4, -0.2) is 37.2 Å². The second-order valence-electron chi connectivity index (χ2n) is 3.33. The smallest absolute Gasteiger partial charge is 0.347 e. The summed E-state index contributed by atoms with van der Waals surface area (Å²) in [5.41, 5.74) is 0. The molecule has 96 valence electrons. The Labute approximate surface area is 103 Å². The van der Waals surface area contributed by atoms with E-state index in [1.807, 2.05) is 0 Å². The Morgan fingerprint density at radius 1 is 1.59 bits per heavy atom. The Kier molecular flexibility index (Phi) is 4.63. The topological polar surface area (TPSA) is 104 Å². The highest BCUT2D eigenvalue weighted by Gasteiger charge is 2.23. The van der Waals surface area contributed by atoms with Crippen LogP contribution in [0.5, 0.6) is 0 Å². The Morgan fingerprint density at radius 3 is 2.76 bits per heavy atom. The van der Waals surface area contributed by atoms with Crippen molar-refractivity contribution in [3.8, 4) is 0 Å². The number of nitrogens with one attached hydrogen (secondary N) is 1. The number of aliphatic hydroxyl groups excluding tert-OH is 1. The number of rotatable bonds is 6. The van der Waals surface area contributed by atoms with Crippen molar-refractivity contribution >= 4 is 27.3 Å². The van der Waals surface area contributed by atoms with Crippen molar-refractivity contribution in [3.05, 3.63) is 16.3 Å². The molecule has 8 heteroatoms. The molecule has 3 N–H and O–H groups in total. The molecule has 1 heterocycles. The highest BCUT2D eigenvalue weighted by atomic mass is 32.2. The molecular formula is C9H13NO5S2. The van der Waals surface area contributed by atoms with Crippen molar-refractivity contribution in [2.24, 2.45) is 0 Å². The van der Waals surface area contributed by atoms with E-state index in [0.29, 0.717) is 6.42 Å². The monoisotopic (exact) mass is 279 g/mol. The van der Waals surface area contributed by atoms with Crippen LogP contribution in [0.3, 0.4) is 0 Å². The summed E-state index contributed by atoms with van der Waals surface area (Å²) in [6.07, 6.45) is -0.366. The summed E-state index contributed by atoms with van der Waals surface area (Å²) in [4.78, 5) is 10.3. The normalized spacial score (nSPS) is 13.5. The molecule has 1 unspecified atom stereocenters. The van der Waals surface area contributed by atoms with Gasteiger partial charge in [0.1, 0.15) is 9.77 Å². The van der Waals surface area contributed by atoms with Gasteiger partial charge in [-0.25, -0.2) is 17.9 Å². The first-order valence-corrected chi connectivity index (χ1v) is 7.23. The third-order valence-corrected chi connectivity index (χ3v) is 4.59. The van der Waals surface area contributed by atoms with Crippen molar-refractivity contribution in [1.82, 2.24) is 4.72 Å². The van der Waals surface area contributed by atoms with Gasteiger partial charge in [0.05, 0.1) is 6.10 Å². The molecule has 1 atom stereocenters. The van der Waals surface area contributed by atoms with Crippen LogP contribution in [0.2, 0.25) is 0 Å². The number of carboxylic acid groups (broad SMARTS) is 1. The fraction of sp³-hybridized carbons (Fsp3) is 0.444. The lowest BCUT2D eigenvalue weighted by molar-refractivity contribution is 0.0698. The van der Waals surface area contributed by atoms with Gasteiger partial charge in [-0.15, -0.1) is 11.3 Å². The van der Waals surface area contributed by atoms with Crippen molar-refractivity contribution in [1.29, 1.82) is 0 Å². The molecule has 0 aliphatic heterocycles. The molecule has 0 aliphatic rings. The molecule has 17 heavy (non-hydrogen) atoms. The summed E-state index contributed by atoms with van der Waals surface area (Å²) in [6.45, 7) is 1.58. The van der Waals surface area contributed by atoms with Gasteiger partial charge in [0.25, 0.3) is 0 Å². The number of hydrogen-bond donors (Lipinski definition) is 3. The number of carbonyl (C=O) groups is 1. The molecule has 1 aromatic rings. The zero-order valence-electron chi connectivity index (χ0n) is 9.08. The summed E-state index contributed by atoms with van der Waals surface area (Å²) in [7, 11) is -3.88. The maximum atomic E-state index is 11.8. The molecule has 0 amide bonds. The highest BCUT2D eigenvalue weighted by molar-refractivity contribution is 7.89. The number of thiophene rings is 1. The maximum absolute atomic E-state index is 11.8. The fourth-order valence-corrected chi connectivity index (χ4v) is 3.42. The summed E-state index contributed by atoms with van der Waals surface area (Å²) in [5.74, 6) is -1.28. The van der Waals surface area contributed by atoms with Gasteiger partial charge in [0, 0.05) is 6.54 Å². The quantitative estimate of drug-likeness (QED) is 0.703. The van der Waals surface area contributed by atoms with E-state index < -0.39 is 22.1 Å². The van der Waals surface area contributed by atoms with E-state index in [1.165, 1.54) is 11.4 Å². The average molecular weight is 279 g/mol. The fourth-order valence-electron chi connectivity index (χ4n) is 1.09. The number of carboxylic acids is 1. The Balaban J connectivity index is 2.90. The molecule has 6 nitrogen and oxygen atoms in total. The van der Waals surface area contributed by atoms with E-state index in [-0.39, 0.29) is 16.3 Å². The van der Waals surface area contributed by atoms with Crippen LogP contribution < -0.4 is 4.72 Å². The molecule has 0 radical (unpaired) electrons. The van der Waals surface area contributed by atoms with Crippen LogP contribution in [0.1, 0.15) is 23.0 Å². The molecule has 1 aromatic heterocycles. The minimum Gasteiger partial charge on any atom is -0.477 e. The van der Waals surface area contributed by atoms with E-state index in [9.17, 15) is 18.3 Å². The lowest BCUT2D eigenvalue weighted by Gasteiger charge is -2.09. The van der Waals surface area contributed by atoms with Crippen molar-refractivity contribution in [3.63, 3.8) is 0 Å². The van der Waals surface area contributed by atoms with Crippen LogP contribution in [-0.2, 0) is 10.0 Å². The molecule has 0 aliphatic carbocycles. The van der Waals surface area contributed by atoms with Gasteiger partial charge >= 0.3 is 5.97 Å².